The highest BCUT2D eigenvalue weighted by Gasteiger charge is 2.46. The molecule has 0 bridgehead atoms. The summed E-state index contributed by atoms with van der Waals surface area (Å²) in [4.78, 5) is 17.2. The third-order valence-corrected chi connectivity index (χ3v) is 9.79. The highest BCUT2D eigenvalue weighted by Crippen LogP contribution is 2.45. The number of piperidine rings is 1. The number of hydrogen-bond acceptors (Lipinski definition) is 4. The Morgan fingerprint density at radius 1 is 0.659 bits per heavy atom. The molecule has 0 amide bonds. The monoisotopic (exact) mass is 536 g/mol. The molecule has 3 fully saturated rings. The summed E-state index contributed by atoms with van der Waals surface area (Å²) in [7, 11) is 0. The largest absolute Gasteiger partial charge is 0.341 e. The first-order chi connectivity index (χ1) is 20.1. The second-order valence-corrected chi connectivity index (χ2v) is 12.6. The molecule has 6 nitrogen and oxygen atoms in total. The zero-order valence-corrected chi connectivity index (χ0v) is 23.3. The van der Waals surface area contributed by atoms with Gasteiger partial charge in [-0.1, -0.05) is 43.0 Å². The van der Waals surface area contributed by atoms with Gasteiger partial charge in [-0.3, -0.25) is 0 Å². The minimum absolute atomic E-state index is 0.288. The van der Waals surface area contributed by atoms with Crippen LogP contribution in [-0.2, 0) is 0 Å². The van der Waals surface area contributed by atoms with Crippen molar-refractivity contribution in [1.29, 1.82) is 0 Å². The molecule has 0 radical (unpaired) electrons. The van der Waals surface area contributed by atoms with Crippen LogP contribution in [0.2, 0.25) is 0 Å². The Morgan fingerprint density at radius 3 is 1.76 bits per heavy atom. The van der Waals surface area contributed by atoms with Gasteiger partial charge in [0.1, 0.15) is 11.6 Å². The van der Waals surface area contributed by atoms with Gasteiger partial charge in [-0.25, -0.2) is 9.97 Å². The molecule has 0 spiro atoms. The van der Waals surface area contributed by atoms with E-state index < -0.39 is 0 Å². The number of imidazole rings is 2. The van der Waals surface area contributed by atoms with E-state index in [9.17, 15) is 0 Å². The van der Waals surface area contributed by atoms with Crippen LogP contribution < -0.4 is 10.6 Å². The molecule has 2 aromatic heterocycles. The molecule has 4 aromatic carbocycles. The van der Waals surface area contributed by atoms with Crippen LogP contribution >= 0.6 is 0 Å². The minimum atomic E-state index is 0.288. The average molecular weight is 537 g/mol. The quantitative estimate of drug-likeness (QED) is 0.187. The molecule has 6 atom stereocenters. The molecular formula is C35H32N6. The molecule has 6 heteroatoms. The predicted molar refractivity (Wildman–Crippen MR) is 165 cm³/mol. The van der Waals surface area contributed by atoms with Crippen molar-refractivity contribution in [1.82, 2.24) is 30.6 Å². The second kappa shape index (κ2) is 8.66. The molecule has 9 rings (SSSR count). The molecule has 2 aliphatic heterocycles. The van der Waals surface area contributed by atoms with Crippen molar-refractivity contribution in [3.8, 4) is 11.8 Å². The maximum Gasteiger partial charge on any atom is 0.124 e. The molecule has 4 N–H and O–H groups in total. The zero-order valence-electron chi connectivity index (χ0n) is 23.3. The lowest BCUT2D eigenvalue weighted by Crippen LogP contribution is -2.24. The van der Waals surface area contributed by atoms with Crippen LogP contribution in [0.25, 0.3) is 43.6 Å². The van der Waals surface area contributed by atoms with Gasteiger partial charge in [0.25, 0.3) is 0 Å². The van der Waals surface area contributed by atoms with Gasteiger partial charge in [0.15, 0.2) is 0 Å². The summed E-state index contributed by atoms with van der Waals surface area (Å²) < 4.78 is 0. The molecule has 3 aliphatic rings. The van der Waals surface area contributed by atoms with Crippen LogP contribution in [0.1, 0.15) is 68.0 Å². The first kappa shape index (κ1) is 23.5. The van der Waals surface area contributed by atoms with Gasteiger partial charge in [0.2, 0.25) is 0 Å². The van der Waals surface area contributed by atoms with Gasteiger partial charge in [-0.05, 0) is 85.2 Å². The van der Waals surface area contributed by atoms with E-state index in [2.05, 4.69) is 107 Å². The number of hydrogen-bond donors (Lipinski definition) is 4. The number of H-pyrrole nitrogens is 2. The summed E-state index contributed by atoms with van der Waals surface area (Å²) >= 11 is 0. The predicted octanol–water partition coefficient (Wildman–Crippen LogP) is 6.63. The molecule has 41 heavy (non-hydrogen) atoms. The van der Waals surface area contributed by atoms with Gasteiger partial charge < -0.3 is 20.6 Å². The van der Waals surface area contributed by atoms with Crippen molar-refractivity contribution in [3.63, 3.8) is 0 Å². The van der Waals surface area contributed by atoms with Crippen LogP contribution in [0.3, 0.4) is 0 Å². The summed E-state index contributed by atoms with van der Waals surface area (Å²) in [5, 5.41) is 12.1. The van der Waals surface area contributed by atoms with Crippen molar-refractivity contribution >= 4 is 43.6 Å². The number of aromatic amines is 2. The lowest BCUT2D eigenvalue weighted by Gasteiger charge is -2.08. The Bertz CT molecular complexity index is 2050. The lowest BCUT2D eigenvalue weighted by atomic mass is 10.0. The van der Waals surface area contributed by atoms with Crippen LogP contribution in [0.5, 0.6) is 0 Å². The number of benzene rings is 4. The Morgan fingerprint density at radius 2 is 1.24 bits per heavy atom. The second-order valence-electron chi connectivity index (χ2n) is 12.6. The third kappa shape index (κ3) is 3.88. The Hall–Kier alpha value is -4.18. The van der Waals surface area contributed by atoms with E-state index in [4.69, 9.17) is 9.97 Å². The Balaban J connectivity index is 1.01. The fourth-order valence-corrected chi connectivity index (χ4v) is 7.12. The maximum atomic E-state index is 5.03. The fourth-order valence-electron chi connectivity index (χ4n) is 7.12. The molecule has 6 aromatic rings. The highest BCUT2D eigenvalue weighted by molar-refractivity contribution is 6.05. The van der Waals surface area contributed by atoms with E-state index in [-0.39, 0.29) is 6.04 Å². The maximum absolute atomic E-state index is 5.03. The highest BCUT2D eigenvalue weighted by atomic mass is 15.1. The van der Waals surface area contributed by atoms with E-state index in [1.54, 1.807) is 0 Å². The summed E-state index contributed by atoms with van der Waals surface area (Å²) in [6.45, 7) is 4.56. The minimum Gasteiger partial charge on any atom is -0.341 e. The van der Waals surface area contributed by atoms with Crippen LogP contribution in [0.15, 0.2) is 60.7 Å². The zero-order chi connectivity index (χ0) is 27.2. The van der Waals surface area contributed by atoms with E-state index in [1.165, 1.54) is 23.6 Å². The number of nitrogens with zero attached hydrogens (tertiary/aromatic N) is 2. The fraction of sp³-hybridized carbons (Fsp3) is 0.314. The normalized spacial score (nSPS) is 27.1. The number of aromatic nitrogens is 4. The van der Waals surface area contributed by atoms with Gasteiger partial charge in [-0.15, -0.1) is 0 Å². The molecule has 202 valence electrons. The number of nitrogens with one attached hydrogen (secondary N) is 4. The van der Waals surface area contributed by atoms with E-state index >= 15 is 0 Å². The van der Waals surface area contributed by atoms with Crippen molar-refractivity contribution in [2.45, 2.75) is 57.3 Å². The molecule has 1 saturated carbocycles. The summed E-state index contributed by atoms with van der Waals surface area (Å²) in [6.07, 6.45) is 3.63. The Labute approximate surface area is 238 Å². The van der Waals surface area contributed by atoms with Crippen LogP contribution in [0.4, 0.5) is 0 Å². The van der Waals surface area contributed by atoms with E-state index in [1.807, 2.05) is 0 Å². The standard InChI is InChI=1S/C35H32N6/c1-18-13-30(36-19(18)2)34-38-27-11-7-22-14-20(5-9-25(22)32(27)40-34)3-4-21-6-10-26-23(15-21)8-12-28-33(26)41-35(39-28)31-17-24-16-29(24)37-31/h5-12,14-15,18-19,24,29-31,36-37H,13,16-17H2,1-2H3,(H,38,40)(H,39,41)/t18?,19-,24?,29-,30+,31+/m1/s1. The van der Waals surface area contributed by atoms with Gasteiger partial charge in [0.05, 0.1) is 34.2 Å². The van der Waals surface area contributed by atoms with Crippen molar-refractivity contribution in [3.05, 3.63) is 83.4 Å². The molecular weight excluding hydrogens is 504 g/mol. The topological polar surface area (TPSA) is 81.4 Å². The SMILES string of the molecule is CC1C[C@@H](c2nc3c(ccc4cc(C#Cc5ccc6c(ccc7[nH]c([C@@H]8CC9C[C@H]9N8)nc76)c5)ccc43)[nH]2)N[C@@H]1C. The third-order valence-electron chi connectivity index (χ3n) is 9.79. The molecule has 2 unspecified atom stereocenters. The van der Waals surface area contributed by atoms with Crippen molar-refractivity contribution < 1.29 is 0 Å². The molecule has 4 heterocycles. The lowest BCUT2D eigenvalue weighted by molar-refractivity contribution is 0.516. The van der Waals surface area contributed by atoms with Crippen LogP contribution in [-0.4, -0.2) is 32.0 Å². The summed E-state index contributed by atoms with van der Waals surface area (Å²) in [6, 6.07) is 23.4. The van der Waals surface area contributed by atoms with Gasteiger partial charge in [0, 0.05) is 34.0 Å². The first-order valence-electron chi connectivity index (χ1n) is 14.9. The van der Waals surface area contributed by atoms with Gasteiger partial charge >= 0.3 is 0 Å². The number of fused-ring (bicyclic) bond motifs is 7. The van der Waals surface area contributed by atoms with Crippen LogP contribution in [0, 0.1) is 23.7 Å². The average Bonchev–Trinajstić information content (AvgIpc) is 3.44. The van der Waals surface area contributed by atoms with E-state index in [0.29, 0.717) is 24.0 Å². The smallest absolute Gasteiger partial charge is 0.124 e. The van der Waals surface area contributed by atoms with Crippen molar-refractivity contribution in [2.75, 3.05) is 0 Å². The van der Waals surface area contributed by atoms with Crippen molar-refractivity contribution in [2.24, 2.45) is 11.8 Å². The summed E-state index contributed by atoms with van der Waals surface area (Å²) in [5.41, 5.74) is 6.29. The first-order valence-corrected chi connectivity index (χ1v) is 14.9. The number of rotatable bonds is 2. The van der Waals surface area contributed by atoms with Gasteiger partial charge in [-0.2, -0.15) is 0 Å². The molecule has 1 aliphatic carbocycles. The Kier molecular flexibility index (Phi) is 4.97. The summed E-state index contributed by atoms with van der Waals surface area (Å²) in [5.74, 6) is 10.4. The molecule has 2 saturated heterocycles. The van der Waals surface area contributed by atoms with E-state index in [0.717, 1.165) is 68.0 Å².